The molecule has 1 amide bonds. The van der Waals surface area contributed by atoms with Gasteiger partial charge in [-0.1, -0.05) is 17.7 Å². The van der Waals surface area contributed by atoms with Crippen LogP contribution in [0.3, 0.4) is 0 Å². The van der Waals surface area contributed by atoms with Crippen molar-refractivity contribution in [2.24, 2.45) is 0 Å². The van der Waals surface area contributed by atoms with Crippen LogP contribution < -0.4 is 5.32 Å². The second-order valence-corrected chi connectivity index (χ2v) is 5.29. The third kappa shape index (κ3) is 3.87. The summed E-state index contributed by atoms with van der Waals surface area (Å²) in [6, 6.07) is 5.52. The Morgan fingerprint density at radius 1 is 1.48 bits per heavy atom. The summed E-state index contributed by atoms with van der Waals surface area (Å²) in [6.07, 6.45) is 0.581. The van der Waals surface area contributed by atoms with Gasteiger partial charge in [-0.2, -0.15) is 0 Å². The molecule has 1 N–H and O–H groups in total. The van der Waals surface area contributed by atoms with Crippen molar-refractivity contribution in [3.63, 3.8) is 0 Å². The first kappa shape index (κ1) is 16.1. The third-order valence-corrected chi connectivity index (χ3v) is 3.55. The number of hydrogen-bond donors (Lipinski definition) is 1. The molecule has 114 valence electrons. The minimum Gasteiger partial charge on any atom is -0.383 e. The lowest BCUT2D eigenvalue weighted by molar-refractivity contribution is -0.121. The van der Waals surface area contributed by atoms with Gasteiger partial charge in [-0.05, 0) is 12.1 Å². The van der Waals surface area contributed by atoms with Gasteiger partial charge in [0.15, 0.2) is 0 Å². The zero-order valence-electron chi connectivity index (χ0n) is 11.7. The Bertz CT molecular complexity index is 628. The molecule has 2 rings (SSSR count). The van der Waals surface area contributed by atoms with E-state index in [1.165, 1.54) is 0 Å². The Kier molecular flexibility index (Phi) is 5.85. The lowest BCUT2D eigenvalue weighted by Gasteiger charge is -2.09. The van der Waals surface area contributed by atoms with Gasteiger partial charge in [0.1, 0.15) is 17.9 Å². The monoisotopic (exact) mass is 329 g/mol. The Labute approximate surface area is 133 Å². The number of para-hydroxylation sites is 1. The van der Waals surface area contributed by atoms with Crippen LogP contribution in [0.15, 0.2) is 18.2 Å². The molecule has 0 aliphatic rings. The van der Waals surface area contributed by atoms with Gasteiger partial charge in [0.25, 0.3) is 0 Å². The van der Waals surface area contributed by atoms with Crippen LogP contribution >= 0.6 is 23.2 Å². The van der Waals surface area contributed by atoms with Crippen molar-refractivity contribution in [2.45, 2.75) is 13.0 Å². The average molecular weight is 330 g/mol. The number of rotatable bonds is 7. The highest BCUT2D eigenvalue weighted by Gasteiger charge is 2.14. The van der Waals surface area contributed by atoms with Crippen LogP contribution in [-0.4, -0.2) is 41.6 Å². The molecule has 0 aliphatic heterocycles. The van der Waals surface area contributed by atoms with Gasteiger partial charge in [0.05, 0.1) is 17.1 Å². The number of amides is 1. The normalized spacial score (nSPS) is 11.0. The maximum Gasteiger partial charge on any atom is 0.240 e. The van der Waals surface area contributed by atoms with E-state index in [4.69, 9.17) is 27.9 Å². The Morgan fingerprint density at radius 3 is 3.00 bits per heavy atom. The van der Waals surface area contributed by atoms with E-state index in [0.717, 1.165) is 11.3 Å². The molecule has 0 aliphatic carbocycles. The molecule has 0 bridgehead atoms. The molecule has 0 saturated carbocycles. The number of hydrogen-bond acceptors (Lipinski definition) is 3. The van der Waals surface area contributed by atoms with Crippen molar-refractivity contribution in [3.05, 3.63) is 29.0 Å². The number of alkyl halides is 1. The average Bonchev–Trinajstić information content (AvgIpc) is 2.80. The number of halogens is 2. The summed E-state index contributed by atoms with van der Waals surface area (Å²) in [4.78, 5) is 16.5. The fourth-order valence-electron chi connectivity index (χ4n) is 2.10. The van der Waals surface area contributed by atoms with Crippen LogP contribution in [0.1, 0.15) is 5.82 Å². The SMILES string of the molecule is COCCNC(=O)Cn1c(CCCl)nc2c(Cl)cccc21. The molecule has 0 spiro atoms. The lowest BCUT2D eigenvalue weighted by atomic mass is 10.3. The first-order chi connectivity index (χ1) is 10.2. The number of aryl methyl sites for hydroxylation is 1. The Morgan fingerprint density at radius 2 is 2.29 bits per heavy atom. The highest BCUT2D eigenvalue weighted by Crippen LogP contribution is 2.24. The smallest absolute Gasteiger partial charge is 0.240 e. The topological polar surface area (TPSA) is 56.1 Å². The Balaban J connectivity index is 2.26. The van der Waals surface area contributed by atoms with Crippen molar-refractivity contribution in [2.75, 3.05) is 26.1 Å². The van der Waals surface area contributed by atoms with Gasteiger partial charge < -0.3 is 14.6 Å². The number of carbonyl (C=O) groups is 1. The molecule has 1 aromatic carbocycles. The van der Waals surface area contributed by atoms with Crippen molar-refractivity contribution in [3.8, 4) is 0 Å². The number of nitrogens with one attached hydrogen (secondary N) is 1. The second kappa shape index (κ2) is 7.64. The molecule has 21 heavy (non-hydrogen) atoms. The second-order valence-electron chi connectivity index (χ2n) is 4.50. The number of imidazole rings is 1. The van der Waals surface area contributed by atoms with E-state index in [2.05, 4.69) is 10.3 Å². The van der Waals surface area contributed by atoms with Crippen LogP contribution in [0.25, 0.3) is 11.0 Å². The minimum atomic E-state index is -0.0952. The molecule has 1 aromatic heterocycles. The highest BCUT2D eigenvalue weighted by molar-refractivity contribution is 6.34. The van der Waals surface area contributed by atoms with E-state index in [0.29, 0.717) is 36.0 Å². The molecule has 5 nitrogen and oxygen atoms in total. The van der Waals surface area contributed by atoms with Gasteiger partial charge in [0, 0.05) is 26.0 Å². The minimum absolute atomic E-state index is 0.0952. The molecule has 2 aromatic rings. The number of methoxy groups -OCH3 is 1. The molecule has 0 fully saturated rings. The molecular weight excluding hydrogens is 313 g/mol. The summed E-state index contributed by atoms with van der Waals surface area (Å²) in [5.74, 6) is 1.10. The van der Waals surface area contributed by atoms with E-state index in [9.17, 15) is 4.79 Å². The molecular formula is C14H17Cl2N3O2. The zero-order chi connectivity index (χ0) is 15.2. The number of ether oxygens (including phenoxy) is 1. The number of aromatic nitrogens is 2. The molecule has 0 saturated heterocycles. The molecule has 0 unspecified atom stereocenters. The first-order valence-corrected chi connectivity index (χ1v) is 7.54. The van der Waals surface area contributed by atoms with E-state index >= 15 is 0 Å². The first-order valence-electron chi connectivity index (χ1n) is 6.62. The summed E-state index contributed by atoms with van der Waals surface area (Å²) in [5.41, 5.74) is 1.54. The zero-order valence-corrected chi connectivity index (χ0v) is 13.2. The predicted molar refractivity (Wildman–Crippen MR) is 84.1 cm³/mol. The number of nitrogens with zero attached hydrogens (tertiary/aromatic N) is 2. The van der Waals surface area contributed by atoms with E-state index in [1.807, 2.05) is 16.7 Å². The van der Waals surface area contributed by atoms with Gasteiger partial charge in [-0.15, -0.1) is 11.6 Å². The van der Waals surface area contributed by atoms with Crippen LogP contribution in [0, 0.1) is 0 Å². The maximum atomic E-state index is 12.0. The van der Waals surface area contributed by atoms with Gasteiger partial charge >= 0.3 is 0 Å². The quantitative estimate of drug-likeness (QED) is 0.626. The summed E-state index contributed by atoms with van der Waals surface area (Å²) in [7, 11) is 1.59. The Hall–Kier alpha value is -1.30. The number of benzene rings is 1. The fraction of sp³-hybridized carbons (Fsp3) is 0.429. The number of carbonyl (C=O) groups excluding carboxylic acids is 1. The van der Waals surface area contributed by atoms with E-state index in [-0.39, 0.29) is 12.5 Å². The summed E-state index contributed by atoms with van der Waals surface area (Å²) >= 11 is 12.0. The largest absolute Gasteiger partial charge is 0.383 e. The maximum absolute atomic E-state index is 12.0. The van der Waals surface area contributed by atoms with Gasteiger partial charge in [-0.25, -0.2) is 4.98 Å². The molecule has 0 radical (unpaired) electrons. The van der Waals surface area contributed by atoms with Crippen LogP contribution in [0.5, 0.6) is 0 Å². The lowest BCUT2D eigenvalue weighted by Crippen LogP contribution is -2.30. The molecule has 1 heterocycles. The highest BCUT2D eigenvalue weighted by atomic mass is 35.5. The molecule has 7 heteroatoms. The van der Waals surface area contributed by atoms with Crippen molar-refractivity contribution in [1.82, 2.24) is 14.9 Å². The van der Waals surface area contributed by atoms with E-state index < -0.39 is 0 Å². The third-order valence-electron chi connectivity index (χ3n) is 3.06. The van der Waals surface area contributed by atoms with Gasteiger partial charge in [-0.3, -0.25) is 4.79 Å². The van der Waals surface area contributed by atoms with Crippen molar-refractivity contribution < 1.29 is 9.53 Å². The summed E-state index contributed by atoms with van der Waals surface area (Å²) in [6.45, 7) is 1.15. The molecule has 0 atom stereocenters. The standard InChI is InChI=1S/C14H17Cl2N3O2/c1-21-8-7-17-13(20)9-19-11-4-2-3-10(16)14(11)18-12(19)5-6-15/h2-4H,5-9H2,1H3,(H,17,20). The van der Waals surface area contributed by atoms with Gasteiger partial charge in [0.2, 0.25) is 5.91 Å². The summed E-state index contributed by atoms with van der Waals surface area (Å²) in [5, 5.41) is 3.36. The van der Waals surface area contributed by atoms with E-state index in [1.54, 1.807) is 13.2 Å². The van der Waals surface area contributed by atoms with Crippen molar-refractivity contribution in [1.29, 1.82) is 0 Å². The van der Waals surface area contributed by atoms with Crippen LogP contribution in [0.2, 0.25) is 5.02 Å². The van der Waals surface area contributed by atoms with Crippen molar-refractivity contribution >= 4 is 40.1 Å². The fourth-order valence-corrected chi connectivity index (χ4v) is 2.49. The predicted octanol–water partition coefficient (Wildman–Crippen LogP) is 2.23. The van der Waals surface area contributed by atoms with Crippen LogP contribution in [0.4, 0.5) is 0 Å². The van der Waals surface area contributed by atoms with Crippen LogP contribution in [-0.2, 0) is 22.5 Å². The summed E-state index contributed by atoms with van der Waals surface area (Å²) < 4.78 is 6.76. The number of fused-ring (bicyclic) bond motifs is 1.